The van der Waals surface area contributed by atoms with Crippen molar-refractivity contribution >= 4 is 123 Å². The fraction of sp³-hybridized carbons (Fsp3) is 0. The number of hydrogen-bond donors (Lipinski definition) is 0. The highest BCUT2D eigenvalue weighted by Crippen LogP contribution is 2.49. The van der Waals surface area contributed by atoms with Crippen molar-refractivity contribution in [2.75, 3.05) is 0 Å². The van der Waals surface area contributed by atoms with Crippen LogP contribution in [0.5, 0.6) is 0 Å². The van der Waals surface area contributed by atoms with Gasteiger partial charge >= 0.3 is 0 Å². The third kappa shape index (κ3) is 5.08. The Morgan fingerprint density at radius 2 is 0.631 bits per heavy atom. The smallest absolute Gasteiger partial charge is 0.0620 e. The lowest BCUT2D eigenvalue weighted by Crippen LogP contribution is -1.89. The molecular formula is C62H35NS2. The van der Waals surface area contributed by atoms with Crippen molar-refractivity contribution in [1.82, 2.24) is 4.40 Å². The number of aromatic nitrogens is 1. The Morgan fingerprint density at radius 3 is 1.11 bits per heavy atom. The second kappa shape index (κ2) is 13.4. The molecule has 1 nitrogen and oxygen atoms in total. The zero-order valence-electron chi connectivity index (χ0n) is 35.0. The molecule has 0 saturated carbocycles. The Bertz CT molecular complexity index is 4170. The quantitative estimate of drug-likeness (QED) is 0.166. The van der Waals surface area contributed by atoms with Crippen molar-refractivity contribution in [2.24, 2.45) is 0 Å². The summed E-state index contributed by atoms with van der Waals surface area (Å²) in [4.78, 5) is 0. The lowest BCUT2D eigenvalue weighted by Gasteiger charge is -2.14. The Hall–Kier alpha value is -7.82. The van der Waals surface area contributed by atoms with E-state index in [1.54, 1.807) is 0 Å². The Morgan fingerprint density at radius 1 is 0.262 bits per heavy atom. The van der Waals surface area contributed by atoms with E-state index in [9.17, 15) is 0 Å². The maximum Gasteiger partial charge on any atom is 0.0620 e. The van der Waals surface area contributed by atoms with E-state index in [2.05, 4.69) is 217 Å². The molecule has 0 atom stereocenters. The van der Waals surface area contributed by atoms with E-state index in [1.807, 2.05) is 22.7 Å². The van der Waals surface area contributed by atoms with Crippen molar-refractivity contribution < 1.29 is 0 Å². The third-order valence-electron chi connectivity index (χ3n) is 14.1. The summed E-state index contributed by atoms with van der Waals surface area (Å²) in [6.45, 7) is 0. The highest BCUT2D eigenvalue weighted by Gasteiger charge is 2.25. The number of para-hydroxylation sites is 1. The van der Waals surface area contributed by atoms with Gasteiger partial charge in [-0.15, -0.1) is 22.7 Å². The molecule has 15 aromatic rings. The molecule has 0 fully saturated rings. The monoisotopic (exact) mass is 857 g/mol. The number of fused-ring (bicyclic) bond motifs is 14. The molecule has 15 rings (SSSR count). The normalized spacial score (nSPS) is 12.3. The molecule has 0 aliphatic carbocycles. The molecule has 0 N–H and O–H groups in total. The summed E-state index contributed by atoms with van der Waals surface area (Å²) < 4.78 is 7.91. The highest BCUT2D eigenvalue weighted by atomic mass is 32.1. The summed E-state index contributed by atoms with van der Waals surface area (Å²) >= 11 is 3.75. The molecule has 0 aliphatic rings. The first-order valence-corrected chi connectivity index (χ1v) is 23.9. The molecular weight excluding hydrogens is 823 g/mol. The van der Waals surface area contributed by atoms with Crippen LogP contribution < -0.4 is 0 Å². The van der Waals surface area contributed by atoms with Gasteiger partial charge in [0.2, 0.25) is 0 Å². The second-order valence-corrected chi connectivity index (χ2v) is 19.7. The van der Waals surface area contributed by atoms with Gasteiger partial charge in [-0.25, -0.2) is 0 Å². The molecule has 3 heteroatoms. The standard InChI is InChI=1S/C62H35NS2/c1-3-12-44-42(10-1)32-52-60(58(44)38-24-20-36(21-25-38)40-28-30-48-46-14-5-7-18-54(46)64-56(48)34-40)50-16-9-17-51-61-53(63(52)62(50)51)33-43-11-2-4-13-45(43)59(61)39-26-22-37(23-27-39)41-29-31-49-47-15-6-8-19-55(47)65-57(49)35-41/h1-35H. The van der Waals surface area contributed by atoms with E-state index in [0.717, 1.165) is 0 Å². The maximum atomic E-state index is 2.57. The average Bonchev–Trinajstić information content (AvgIpc) is 4.12. The van der Waals surface area contributed by atoms with Crippen molar-refractivity contribution in [2.45, 2.75) is 0 Å². The van der Waals surface area contributed by atoms with Crippen LogP contribution in [0.1, 0.15) is 0 Å². The van der Waals surface area contributed by atoms with Gasteiger partial charge < -0.3 is 4.40 Å². The fourth-order valence-corrected chi connectivity index (χ4v) is 13.5. The van der Waals surface area contributed by atoms with Gasteiger partial charge in [-0.2, -0.15) is 0 Å². The second-order valence-electron chi connectivity index (χ2n) is 17.5. The summed E-state index contributed by atoms with van der Waals surface area (Å²) in [6.07, 6.45) is 0. The number of hydrogen-bond acceptors (Lipinski definition) is 2. The van der Waals surface area contributed by atoms with Gasteiger partial charge in [0.15, 0.2) is 0 Å². The molecule has 300 valence electrons. The number of rotatable bonds is 4. The fourth-order valence-electron chi connectivity index (χ4n) is 11.2. The van der Waals surface area contributed by atoms with Crippen LogP contribution in [0, 0.1) is 0 Å². The largest absolute Gasteiger partial charge is 0.308 e. The molecule has 0 saturated heterocycles. The summed E-state index contributed by atoms with van der Waals surface area (Å²) in [7, 11) is 0. The predicted octanol–water partition coefficient (Wildman–Crippen LogP) is 18.5. The number of benzene rings is 11. The predicted molar refractivity (Wildman–Crippen MR) is 284 cm³/mol. The maximum absolute atomic E-state index is 2.57. The van der Waals surface area contributed by atoms with Crippen LogP contribution >= 0.6 is 22.7 Å². The minimum atomic E-state index is 1.23. The summed E-state index contributed by atoms with van der Waals surface area (Å²) in [5.74, 6) is 0. The third-order valence-corrected chi connectivity index (χ3v) is 16.4. The Kier molecular flexibility index (Phi) is 7.32. The van der Waals surface area contributed by atoms with Crippen molar-refractivity contribution in [3.05, 3.63) is 212 Å². The minimum Gasteiger partial charge on any atom is -0.308 e. The molecule has 4 aromatic heterocycles. The van der Waals surface area contributed by atoms with E-state index < -0.39 is 0 Å². The van der Waals surface area contributed by atoms with E-state index in [1.165, 1.54) is 144 Å². The molecule has 4 heterocycles. The summed E-state index contributed by atoms with van der Waals surface area (Å²) in [6, 6.07) is 79.7. The topological polar surface area (TPSA) is 4.41 Å². The van der Waals surface area contributed by atoms with Crippen LogP contribution in [-0.4, -0.2) is 4.40 Å². The van der Waals surface area contributed by atoms with Crippen LogP contribution in [0.15, 0.2) is 212 Å². The van der Waals surface area contributed by atoms with Gasteiger partial charge in [-0.1, -0.05) is 176 Å². The Balaban J connectivity index is 0.921. The van der Waals surface area contributed by atoms with E-state index in [0.29, 0.717) is 0 Å². The van der Waals surface area contributed by atoms with Gasteiger partial charge in [0.05, 0.1) is 16.6 Å². The van der Waals surface area contributed by atoms with Crippen LogP contribution in [0.2, 0.25) is 0 Å². The number of nitrogens with zero attached hydrogens (tertiary/aromatic N) is 1. The lowest BCUT2D eigenvalue weighted by atomic mass is 9.90. The molecule has 0 aliphatic heterocycles. The zero-order chi connectivity index (χ0) is 42.3. The van der Waals surface area contributed by atoms with Crippen molar-refractivity contribution in [3.63, 3.8) is 0 Å². The Labute approximate surface area is 381 Å². The first kappa shape index (κ1) is 35.6. The van der Waals surface area contributed by atoms with E-state index >= 15 is 0 Å². The van der Waals surface area contributed by atoms with Gasteiger partial charge in [0.1, 0.15) is 0 Å². The highest BCUT2D eigenvalue weighted by molar-refractivity contribution is 7.26. The van der Waals surface area contributed by atoms with E-state index in [4.69, 9.17) is 0 Å². The summed E-state index contributed by atoms with van der Waals surface area (Å²) in [5.41, 5.74) is 13.8. The molecule has 11 aromatic carbocycles. The van der Waals surface area contributed by atoms with Gasteiger partial charge in [-0.05, 0) is 102 Å². The molecule has 0 spiro atoms. The molecule has 0 bridgehead atoms. The van der Waals surface area contributed by atoms with Gasteiger partial charge in [0, 0.05) is 61.9 Å². The molecule has 0 radical (unpaired) electrons. The molecule has 0 amide bonds. The zero-order valence-corrected chi connectivity index (χ0v) is 36.6. The molecule has 65 heavy (non-hydrogen) atoms. The molecule has 0 unspecified atom stereocenters. The van der Waals surface area contributed by atoms with Crippen molar-refractivity contribution in [1.29, 1.82) is 0 Å². The lowest BCUT2D eigenvalue weighted by molar-refractivity contribution is 1.38. The van der Waals surface area contributed by atoms with Gasteiger partial charge in [-0.3, -0.25) is 0 Å². The van der Waals surface area contributed by atoms with Crippen LogP contribution in [-0.2, 0) is 0 Å². The minimum absolute atomic E-state index is 1.23. The van der Waals surface area contributed by atoms with Crippen LogP contribution in [0.4, 0.5) is 0 Å². The van der Waals surface area contributed by atoms with Crippen LogP contribution in [0.3, 0.4) is 0 Å². The van der Waals surface area contributed by atoms with Crippen molar-refractivity contribution in [3.8, 4) is 44.5 Å². The van der Waals surface area contributed by atoms with Crippen LogP contribution in [0.25, 0.3) is 144 Å². The average molecular weight is 858 g/mol. The van der Waals surface area contributed by atoms with E-state index in [-0.39, 0.29) is 0 Å². The summed E-state index contributed by atoms with van der Waals surface area (Å²) in [5, 5.41) is 15.6. The first-order valence-electron chi connectivity index (χ1n) is 22.3. The van der Waals surface area contributed by atoms with Gasteiger partial charge in [0.25, 0.3) is 0 Å². The first-order chi connectivity index (χ1) is 32.2. The SMILES string of the molecule is c1ccc2c(-c3ccc(-c4ccc5c(c4)sc4ccccc45)cc3)c3c4cccc5c6c(-c7ccc(-c8ccc9c(c8)sc8ccccc89)cc7)c7ccccc7cc6n(c3cc2c1)c45. The number of thiophene rings is 2.